The largest absolute Gasteiger partial charge is 0.869 e. The minimum absolute atomic E-state index is 0.155. The fraction of sp³-hybridized carbons (Fsp3) is 0.429. The molecule has 126 valence electrons. The molecule has 0 atom stereocenters. The molecule has 0 fully saturated rings. The van der Waals surface area contributed by atoms with E-state index in [9.17, 15) is 24.6 Å². The first-order chi connectivity index (χ1) is 10.8. The summed E-state index contributed by atoms with van der Waals surface area (Å²) in [6, 6.07) is 0. The van der Waals surface area contributed by atoms with Gasteiger partial charge < -0.3 is 20.1 Å². The lowest BCUT2D eigenvalue weighted by molar-refractivity contribution is -0.894. The van der Waals surface area contributed by atoms with Gasteiger partial charge in [0.05, 0.1) is 19.6 Å². The number of hydrogen-bond acceptors (Lipinski definition) is 6. The molecule has 9 heteroatoms. The molecular weight excluding hydrogens is 322 g/mol. The van der Waals surface area contributed by atoms with Gasteiger partial charge in [-0.15, -0.1) is 0 Å². The second-order valence-electron chi connectivity index (χ2n) is 4.80. The molecule has 1 aromatic heterocycles. The molecule has 8 nitrogen and oxygen atoms in total. The molecule has 0 saturated heterocycles. The van der Waals surface area contributed by atoms with Crippen LogP contribution in [0.4, 0.5) is 0 Å². The predicted molar refractivity (Wildman–Crippen MR) is 86.3 cm³/mol. The van der Waals surface area contributed by atoms with Crippen molar-refractivity contribution >= 4 is 12.2 Å². The van der Waals surface area contributed by atoms with Gasteiger partial charge in [0.1, 0.15) is 5.56 Å². The Hall–Kier alpha value is -2.26. The van der Waals surface area contributed by atoms with Gasteiger partial charge in [-0.3, -0.25) is 19.4 Å². The van der Waals surface area contributed by atoms with E-state index in [4.69, 9.17) is 0 Å². The van der Waals surface area contributed by atoms with Crippen molar-refractivity contribution in [2.45, 2.75) is 20.8 Å². The van der Waals surface area contributed by atoms with Crippen molar-refractivity contribution < 1.29 is 15.1 Å². The molecule has 1 heterocycles. The summed E-state index contributed by atoms with van der Waals surface area (Å²) in [5.74, 6) is -1.80. The standard InChI is InChI=1S/C8H4N2O5S.C6H15N/c11-3-1(4(12)5(3)13)2-6(14)9-8(16)10-7(2)15;1-4-7(5-2)6-3/h11H,(H3,9,10,14,15,16);4-6H2,1-3H3. The molecule has 2 aromatic rings. The van der Waals surface area contributed by atoms with Gasteiger partial charge in [0.25, 0.3) is 5.56 Å². The Balaban J connectivity index is 0.000000322. The first-order valence-corrected chi connectivity index (χ1v) is 7.58. The zero-order valence-electron chi connectivity index (χ0n) is 13.1. The highest BCUT2D eigenvalue weighted by Crippen LogP contribution is 2.24. The Kier molecular flexibility index (Phi) is 6.40. The number of aromatic nitrogens is 2. The second kappa shape index (κ2) is 7.84. The van der Waals surface area contributed by atoms with Crippen LogP contribution >= 0.6 is 12.2 Å². The van der Waals surface area contributed by atoms with Crippen LogP contribution in [-0.4, -0.2) is 34.7 Å². The van der Waals surface area contributed by atoms with Gasteiger partial charge in [-0.2, -0.15) is 0 Å². The maximum absolute atomic E-state index is 11.4. The summed E-state index contributed by atoms with van der Waals surface area (Å²) in [4.78, 5) is 39.0. The van der Waals surface area contributed by atoms with E-state index < -0.39 is 39.2 Å². The number of aromatic amines is 2. The van der Waals surface area contributed by atoms with Crippen molar-refractivity contribution in [3.05, 3.63) is 35.6 Å². The second-order valence-corrected chi connectivity index (χ2v) is 5.21. The number of quaternary nitrogens is 1. The summed E-state index contributed by atoms with van der Waals surface area (Å²) in [5, 5.41) is 20.4. The Morgan fingerprint density at radius 2 is 1.52 bits per heavy atom. The highest BCUT2D eigenvalue weighted by molar-refractivity contribution is 7.71. The highest BCUT2D eigenvalue weighted by atomic mass is 32.1. The quantitative estimate of drug-likeness (QED) is 0.392. The third-order valence-electron chi connectivity index (χ3n) is 3.54. The van der Waals surface area contributed by atoms with Gasteiger partial charge in [-0.05, 0) is 38.7 Å². The molecule has 0 saturated carbocycles. The fourth-order valence-electron chi connectivity index (χ4n) is 2.05. The fourth-order valence-corrected chi connectivity index (χ4v) is 2.24. The minimum atomic E-state index is -1.20. The maximum atomic E-state index is 11.4. The summed E-state index contributed by atoms with van der Waals surface area (Å²) >= 11 is 4.55. The molecule has 0 aliphatic rings. The average Bonchev–Trinajstić information content (AvgIpc) is 2.52. The third kappa shape index (κ3) is 3.93. The molecule has 4 N–H and O–H groups in total. The average molecular weight is 341 g/mol. The van der Waals surface area contributed by atoms with Crippen LogP contribution in [0.3, 0.4) is 0 Å². The van der Waals surface area contributed by atoms with Crippen molar-refractivity contribution in [3.63, 3.8) is 0 Å². The molecule has 0 spiro atoms. The van der Waals surface area contributed by atoms with Crippen molar-refractivity contribution in [1.29, 1.82) is 0 Å². The lowest BCUT2D eigenvalue weighted by atomic mass is 10.0. The lowest BCUT2D eigenvalue weighted by Crippen LogP contribution is -3.11. The van der Waals surface area contributed by atoms with Gasteiger partial charge in [0.15, 0.2) is 4.77 Å². The van der Waals surface area contributed by atoms with Crippen LogP contribution in [-0.2, 0) is 0 Å². The first-order valence-electron chi connectivity index (χ1n) is 7.18. The van der Waals surface area contributed by atoms with Crippen molar-refractivity contribution in [1.82, 2.24) is 9.97 Å². The maximum Gasteiger partial charge on any atom is 0.263 e. The van der Waals surface area contributed by atoms with Crippen molar-refractivity contribution in [3.8, 4) is 22.8 Å². The van der Waals surface area contributed by atoms with E-state index in [0.717, 1.165) is 0 Å². The summed E-state index contributed by atoms with van der Waals surface area (Å²) in [7, 11) is 0. The predicted octanol–water partition coefficient (Wildman–Crippen LogP) is -1.59. The smallest absolute Gasteiger partial charge is 0.263 e. The molecule has 2 rings (SSSR count). The van der Waals surface area contributed by atoms with Gasteiger partial charge in [-0.1, -0.05) is 0 Å². The molecule has 0 aliphatic heterocycles. The summed E-state index contributed by atoms with van der Waals surface area (Å²) in [5.41, 5.74) is -4.35. The van der Waals surface area contributed by atoms with Crippen LogP contribution in [0.25, 0.3) is 11.1 Å². The van der Waals surface area contributed by atoms with Gasteiger partial charge >= 0.3 is 0 Å². The summed E-state index contributed by atoms with van der Waals surface area (Å²) < 4.78 is -0.155. The molecular formula is C14H19N3O5S. The molecule has 0 amide bonds. The zero-order valence-corrected chi connectivity index (χ0v) is 13.9. The van der Waals surface area contributed by atoms with Crippen molar-refractivity contribution in [2.75, 3.05) is 19.6 Å². The molecule has 23 heavy (non-hydrogen) atoms. The first kappa shape index (κ1) is 18.8. The molecule has 1 aromatic carbocycles. The zero-order chi connectivity index (χ0) is 17.7. The van der Waals surface area contributed by atoms with Crippen LogP contribution in [0.5, 0.6) is 11.6 Å². The Morgan fingerprint density at radius 3 is 1.87 bits per heavy atom. The summed E-state index contributed by atoms with van der Waals surface area (Å²) in [6.45, 7) is 10.5. The van der Waals surface area contributed by atoms with Gasteiger partial charge in [-0.25, -0.2) is 0 Å². The highest BCUT2D eigenvalue weighted by Gasteiger charge is 2.21. The minimum Gasteiger partial charge on any atom is -0.869 e. The molecule has 0 radical (unpaired) electrons. The van der Waals surface area contributed by atoms with Gasteiger partial charge in [0.2, 0.25) is 16.7 Å². The third-order valence-corrected chi connectivity index (χ3v) is 3.74. The molecule has 0 bridgehead atoms. The van der Waals surface area contributed by atoms with Crippen LogP contribution in [0.15, 0.2) is 14.4 Å². The lowest BCUT2D eigenvalue weighted by Gasteiger charge is -2.13. The monoisotopic (exact) mass is 341 g/mol. The number of hydrogen-bond donors (Lipinski definition) is 4. The van der Waals surface area contributed by atoms with Crippen LogP contribution in [0, 0.1) is 4.77 Å². The van der Waals surface area contributed by atoms with Crippen molar-refractivity contribution in [2.24, 2.45) is 0 Å². The van der Waals surface area contributed by atoms with Crippen LogP contribution in [0.1, 0.15) is 20.8 Å². The normalized spacial score (nSPS) is 10.6. The Bertz CT molecular complexity index is 851. The summed E-state index contributed by atoms with van der Waals surface area (Å²) in [6.07, 6.45) is 0. The Morgan fingerprint density at radius 1 is 1.00 bits per heavy atom. The molecule has 0 unspecified atom stereocenters. The van der Waals surface area contributed by atoms with Crippen LogP contribution in [0.2, 0.25) is 0 Å². The van der Waals surface area contributed by atoms with E-state index in [-0.39, 0.29) is 4.77 Å². The van der Waals surface area contributed by atoms with Gasteiger partial charge in [0, 0.05) is 5.56 Å². The number of nitrogens with one attached hydrogen (secondary N) is 3. The van der Waals surface area contributed by atoms with E-state index in [2.05, 4.69) is 43.0 Å². The van der Waals surface area contributed by atoms with E-state index in [1.165, 1.54) is 19.6 Å². The topological polar surface area (TPSA) is 131 Å². The molecule has 0 aliphatic carbocycles. The van der Waals surface area contributed by atoms with E-state index in [1.807, 2.05) is 0 Å². The van der Waals surface area contributed by atoms with E-state index >= 15 is 0 Å². The number of aromatic hydroxyl groups is 1. The SMILES string of the molecule is CC[NH+](CC)CC.O=c1[nH]c(=S)[nH]c(O)c1-c1c([O-])c(=O)c1=O. The Labute approximate surface area is 136 Å². The van der Waals surface area contributed by atoms with E-state index in [0.29, 0.717) is 0 Å². The number of H-pyrrole nitrogens is 2. The van der Waals surface area contributed by atoms with Crippen LogP contribution < -0.4 is 26.4 Å². The van der Waals surface area contributed by atoms with E-state index in [1.54, 1.807) is 4.90 Å². The number of rotatable bonds is 4.